The molecule has 2 heteroatoms. The van der Waals surface area contributed by atoms with Crippen molar-refractivity contribution in [2.24, 2.45) is 5.92 Å². The highest BCUT2D eigenvalue weighted by Crippen LogP contribution is 2.24. The van der Waals surface area contributed by atoms with E-state index >= 15 is 0 Å². The van der Waals surface area contributed by atoms with Gasteiger partial charge in [0.1, 0.15) is 5.78 Å². The van der Waals surface area contributed by atoms with Crippen molar-refractivity contribution in [2.45, 2.75) is 38.6 Å². The molecule has 11 heavy (non-hydrogen) atoms. The van der Waals surface area contributed by atoms with Crippen LogP contribution in [-0.2, 0) is 4.79 Å². The Bertz CT molecular complexity index is 144. The highest BCUT2D eigenvalue weighted by molar-refractivity contribution is 5.79. The zero-order valence-corrected chi connectivity index (χ0v) is 7.39. The molecule has 0 amide bonds. The van der Waals surface area contributed by atoms with E-state index in [1.54, 1.807) is 6.92 Å². The molecule has 0 aliphatic heterocycles. The number of carbonyl (C=O) groups excluding carboxylic acids is 1. The third kappa shape index (κ3) is 2.03. The number of hydrogen-bond acceptors (Lipinski definition) is 2. The van der Waals surface area contributed by atoms with Crippen molar-refractivity contribution in [1.29, 1.82) is 0 Å². The predicted molar refractivity (Wildman–Crippen MR) is 45.5 cm³/mol. The predicted octanol–water partition coefficient (Wildman–Crippen LogP) is 1.35. The van der Waals surface area contributed by atoms with Gasteiger partial charge in [-0.05, 0) is 26.8 Å². The largest absolute Gasteiger partial charge is 0.316 e. The maximum Gasteiger partial charge on any atom is 0.134 e. The Hall–Kier alpha value is -0.370. The van der Waals surface area contributed by atoms with E-state index < -0.39 is 0 Å². The molecule has 0 saturated heterocycles. The van der Waals surface area contributed by atoms with Crippen LogP contribution in [-0.4, -0.2) is 18.9 Å². The van der Waals surface area contributed by atoms with Gasteiger partial charge in [0.2, 0.25) is 0 Å². The fraction of sp³-hybridized carbons (Fsp3) is 0.889. The molecule has 0 aromatic heterocycles. The van der Waals surface area contributed by atoms with E-state index in [1.165, 1.54) is 19.3 Å². The third-order valence-electron chi connectivity index (χ3n) is 2.66. The Morgan fingerprint density at radius 1 is 1.36 bits per heavy atom. The van der Waals surface area contributed by atoms with E-state index in [2.05, 4.69) is 5.32 Å². The summed E-state index contributed by atoms with van der Waals surface area (Å²) in [5.41, 5.74) is 0. The van der Waals surface area contributed by atoms with E-state index in [0.717, 1.165) is 6.42 Å². The van der Waals surface area contributed by atoms with Crippen molar-refractivity contribution in [3.63, 3.8) is 0 Å². The molecule has 1 rings (SSSR count). The summed E-state index contributed by atoms with van der Waals surface area (Å²) in [6.07, 6.45) is 4.75. The second-order valence-corrected chi connectivity index (χ2v) is 3.40. The number of rotatable bonds is 2. The second-order valence-electron chi connectivity index (χ2n) is 3.40. The quantitative estimate of drug-likeness (QED) is 0.652. The number of Topliss-reactive ketones (excluding diaryl/α,β-unsaturated/α-hetero) is 1. The van der Waals surface area contributed by atoms with Crippen molar-refractivity contribution < 1.29 is 4.79 Å². The number of nitrogens with one attached hydrogen (secondary N) is 1. The first kappa shape index (κ1) is 8.72. The Morgan fingerprint density at radius 3 is 2.45 bits per heavy atom. The van der Waals surface area contributed by atoms with Gasteiger partial charge < -0.3 is 5.32 Å². The maximum absolute atomic E-state index is 11.1. The van der Waals surface area contributed by atoms with E-state index in [9.17, 15) is 4.79 Å². The van der Waals surface area contributed by atoms with E-state index in [4.69, 9.17) is 0 Å². The summed E-state index contributed by atoms with van der Waals surface area (Å²) >= 11 is 0. The van der Waals surface area contributed by atoms with Crippen LogP contribution in [0.2, 0.25) is 0 Å². The van der Waals surface area contributed by atoms with Crippen molar-refractivity contribution in [3.05, 3.63) is 0 Å². The molecule has 0 spiro atoms. The lowest BCUT2D eigenvalue weighted by molar-refractivity contribution is -0.122. The Kier molecular flexibility index (Phi) is 3.06. The van der Waals surface area contributed by atoms with Gasteiger partial charge in [0.25, 0.3) is 0 Å². The van der Waals surface area contributed by atoms with Crippen molar-refractivity contribution in [1.82, 2.24) is 5.32 Å². The monoisotopic (exact) mass is 155 g/mol. The van der Waals surface area contributed by atoms with Crippen molar-refractivity contribution in [2.75, 3.05) is 7.05 Å². The maximum atomic E-state index is 11.1. The van der Waals surface area contributed by atoms with Gasteiger partial charge in [-0.2, -0.15) is 0 Å². The highest BCUT2D eigenvalue weighted by atomic mass is 16.1. The number of ketones is 1. The van der Waals surface area contributed by atoms with E-state index in [-0.39, 0.29) is 5.92 Å². The van der Waals surface area contributed by atoms with Crippen molar-refractivity contribution in [3.8, 4) is 0 Å². The molecule has 1 aliphatic carbocycles. The summed E-state index contributed by atoms with van der Waals surface area (Å²) in [6, 6.07) is 0.446. The Labute approximate surface area is 68.4 Å². The molecular weight excluding hydrogens is 138 g/mol. The molecular formula is C9H17NO. The van der Waals surface area contributed by atoms with Crippen LogP contribution in [0.1, 0.15) is 32.6 Å². The van der Waals surface area contributed by atoms with Crippen molar-refractivity contribution >= 4 is 5.78 Å². The van der Waals surface area contributed by atoms with Gasteiger partial charge in [-0.3, -0.25) is 4.79 Å². The summed E-state index contributed by atoms with van der Waals surface area (Å²) in [4.78, 5) is 11.1. The number of carbonyl (C=O) groups is 1. The molecule has 2 atom stereocenters. The molecule has 1 fully saturated rings. The zero-order chi connectivity index (χ0) is 8.27. The molecule has 0 aromatic rings. The normalized spacial score (nSPS) is 31.8. The average Bonchev–Trinajstić information content (AvgIpc) is 2.04. The topological polar surface area (TPSA) is 29.1 Å². The third-order valence-corrected chi connectivity index (χ3v) is 2.66. The molecule has 0 aromatic carbocycles. The van der Waals surface area contributed by atoms with E-state index in [1.807, 2.05) is 7.05 Å². The van der Waals surface area contributed by atoms with Gasteiger partial charge in [0.15, 0.2) is 0 Å². The summed E-state index contributed by atoms with van der Waals surface area (Å²) < 4.78 is 0. The van der Waals surface area contributed by atoms with Gasteiger partial charge in [0, 0.05) is 12.0 Å². The van der Waals surface area contributed by atoms with E-state index in [0.29, 0.717) is 11.8 Å². The van der Waals surface area contributed by atoms with Gasteiger partial charge >= 0.3 is 0 Å². The molecule has 0 bridgehead atoms. The van der Waals surface area contributed by atoms with Crippen LogP contribution < -0.4 is 5.32 Å². The highest BCUT2D eigenvalue weighted by Gasteiger charge is 2.26. The lowest BCUT2D eigenvalue weighted by atomic mass is 9.82. The minimum atomic E-state index is 0.286. The molecule has 64 valence electrons. The summed E-state index contributed by atoms with van der Waals surface area (Å²) in [6.45, 7) is 1.71. The molecule has 1 N–H and O–H groups in total. The van der Waals surface area contributed by atoms with Gasteiger partial charge in [-0.15, -0.1) is 0 Å². The molecule has 0 radical (unpaired) electrons. The van der Waals surface area contributed by atoms with Gasteiger partial charge in [-0.1, -0.05) is 12.8 Å². The second kappa shape index (κ2) is 3.86. The van der Waals surface area contributed by atoms with Crippen LogP contribution in [0.25, 0.3) is 0 Å². The molecule has 0 heterocycles. The van der Waals surface area contributed by atoms with Crippen LogP contribution in [0.3, 0.4) is 0 Å². The summed E-state index contributed by atoms with van der Waals surface area (Å²) in [7, 11) is 1.95. The van der Waals surface area contributed by atoms with Gasteiger partial charge in [-0.25, -0.2) is 0 Å². The summed E-state index contributed by atoms with van der Waals surface area (Å²) in [5.74, 6) is 0.637. The first-order valence-corrected chi connectivity index (χ1v) is 4.43. The van der Waals surface area contributed by atoms with Crippen LogP contribution in [0, 0.1) is 5.92 Å². The smallest absolute Gasteiger partial charge is 0.134 e. The molecule has 2 nitrogen and oxygen atoms in total. The van der Waals surface area contributed by atoms with Gasteiger partial charge in [0.05, 0.1) is 0 Å². The Morgan fingerprint density at radius 2 is 2.00 bits per heavy atom. The fourth-order valence-electron chi connectivity index (χ4n) is 1.96. The lowest BCUT2D eigenvalue weighted by Gasteiger charge is -2.29. The zero-order valence-electron chi connectivity index (χ0n) is 7.39. The average molecular weight is 155 g/mol. The van der Waals surface area contributed by atoms with Crippen LogP contribution in [0.15, 0.2) is 0 Å². The Balaban J connectivity index is 2.51. The van der Waals surface area contributed by atoms with Crippen LogP contribution in [0.4, 0.5) is 0 Å². The number of hydrogen-bond donors (Lipinski definition) is 1. The standard InChI is InChI=1S/C9H17NO/c1-7(11)8-5-3-4-6-9(8)10-2/h8-10H,3-6H2,1-2H3/t8-,9-/m1/s1. The first-order chi connectivity index (χ1) is 5.25. The molecule has 1 aliphatic rings. The first-order valence-electron chi connectivity index (χ1n) is 4.43. The minimum Gasteiger partial charge on any atom is -0.316 e. The lowest BCUT2D eigenvalue weighted by Crippen LogP contribution is -2.39. The molecule has 0 unspecified atom stereocenters. The fourth-order valence-corrected chi connectivity index (χ4v) is 1.96. The molecule has 1 saturated carbocycles. The van der Waals surface area contributed by atoms with Crippen LogP contribution in [0.5, 0.6) is 0 Å². The SMILES string of the molecule is CN[C@@H]1CCCC[C@@H]1C(C)=O. The summed E-state index contributed by atoms with van der Waals surface area (Å²) in [5, 5.41) is 3.21. The minimum absolute atomic E-state index is 0.286. The van der Waals surface area contributed by atoms with Crippen LogP contribution >= 0.6 is 0 Å².